The summed E-state index contributed by atoms with van der Waals surface area (Å²) in [5, 5.41) is 23.0. The molecule has 3 N–H and O–H groups in total. The zero-order valence-electron chi connectivity index (χ0n) is 17.3. The molecule has 1 amide bonds. The van der Waals surface area contributed by atoms with Crippen molar-refractivity contribution in [1.29, 1.82) is 0 Å². The van der Waals surface area contributed by atoms with E-state index in [1.165, 1.54) is 17.9 Å². The molecule has 2 aromatic rings. The third-order valence-electron chi connectivity index (χ3n) is 4.84. The van der Waals surface area contributed by atoms with E-state index in [9.17, 15) is 9.18 Å². The van der Waals surface area contributed by atoms with Gasteiger partial charge in [0.2, 0.25) is 5.91 Å². The van der Waals surface area contributed by atoms with E-state index < -0.39 is 5.82 Å². The summed E-state index contributed by atoms with van der Waals surface area (Å²) in [6.45, 7) is 3.25. The SMILES string of the molecule is COC(=S)NCc1cn(-c2ccc(N3CCN(CCNCCO)C(=O)C3)c(F)c2)nn1. The Morgan fingerprint density at radius 2 is 2.19 bits per heavy atom. The lowest BCUT2D eigenvalue weighted by Crippen LogP contribution is -2.52. The van der Waals surface area contributed by atoms with Gasteiger partial charge < -0.3 is 30.3 Å². The van der Waals surface area contributed by atoms with Gasteiger partial charge in [-0.2, -0.15) is 0 Å². The molecule has 10 nitrogen and oxygen atoms in total. The number of nitrogens with one attached hydrogen (secondary N) is 2. The lowest BCUT2D eigenvalue weighted by Gasteiger charge is -2.35. The van der Waals surface area contributed by atoms with Crippen molar-refractivity contribution in [3.63, 3.8) is 0 Å². The van der Waals surface area contributed by atoms with Crippen molar-refractivity contribution in [2.24, 2.45) is 0 Å². The topological polar surface area (TPSA) is 108 Å². The highest BCUT2D eigenvalue weighted by atomic mass is 32.1. The minimum absolute atomic E-state index is 0.0529. The molecule has 3 rings (SSSR count). The number of benzene rings is 1. The molecule has 2 heterocycles. The second kappa shape index (κ2) is 11.0. The number of thiocarbonyl (C=S) groups is 1. The highest BCUT2D eigenvalue weighted by molar-refractivity contribution is 7.80. The summed E-state index contributed by atoms with van der Waals surface area (Å²) < 4.78 is 21.2. The van der Waals surface area contributed by atoms with Gasteiger partial charge in [-0.05, 0) is 24.4 Å². The fourth-order valence-electron chi connectivity index (χ4n) is 3.20. The second-order valence-corrected chi connectivity index (χ2v) is 7.28. The van der Waals surface area contributed by atoms with Gasteiger partial charge in [0.15, 0.2) is 0 Å². The second-order valence-electron chi connectivity index (χ2n) is 6.91. The van der Waals surface area contributed by atoms with Crippen LogP contribution >= 0.6 is 12.2 Å². The molecule has 168 valence electrons. The summed E-state index contributed by atoms with van der Waals surface area (Å²) >= 11 is 4.91. The number of amides is 1. The molecule has 0 bridgehead atoms. The number of hydrogen-bond acceptors (Lipinski definition) is 8. The van der Waals surface area contributed by atoms with Crippen LogP contribution in [0.2, 0.25) is 0 Å². The van der Waals surface area contributed by atoms with E-state index in [-0.39, 0.29) is 24.2 Å². The number of methoxy groups -OCH3 is 1. The van der Waals surface area contributed by atoms with Gasteiger partial charge in [-0.25, -0.2) is 9.07 Å². The van der Waals surface area contributed by atoms with Crippen molar-refractivity contribution in [2.45, 2.75) is 6.54 Å². The molecule has 0 saturated carbocycles. The lowest BCUT2D eigenvalue weighted by molar-refractivity contribution is -0.130. The summed E-state index contributed by atoms with van der Waals surface area (Å²) in [6, 6.07) is 4.76. The van der Waals surface area contributed by atoms with Gasteiger partial charge >= 0.3 is 0 Å². The van der Waals surface area contributed by atoms with E-state index in [1.807, 2.05) is 0 Å². The van der Waals surface area contributed by atoms with Gasteiger partial charge in [-0.15, -0.1) is 5.10 Å². The molecule has 0 aliphatic carbocycles. The van der Waals surface area contributed by atoms with Crippen molar-refractivity contribution in [3.05, 3.63) is 35.9 Å². The Hall–Kier alpha value is -2.83. The average molecular weight is 452 g/mol. The molecule has 1 aromatic carbocycles. The van der Waals surface area contributed by atoms with Crippen molar-refractivity contribution in [1.82, 2.24) is 30.5 Å². The van der Waals surface area contributed by atoms with Crippen LogP contribution in [0.4, 0.5) is 10.1 Å². The van der Waals surface area contributed by atoms with Crippen molar-refractivity contribution in [3.8, 4) is 5.69 Å². The van der Waals surface area contributed by atoms with E-state index in [0.29, 0.717) is 56.3 Å². The Balaban J connectivity index is 1.59. The average Bonchev–Trinajstić information content (AvgIpc) is 3.25. The van der Waals surface area contributed by atoms with Crippen molar-refractivity contribution in [2.75, 3.05) is 57.9 Å². The number of carbonyl (C=O) groups excluding carboxylic acids is 1. The molecule has 1 saturated heterocycles. The summed E-state index contributed by atoms with van der Waals surface area (Å²) in [6.07, 6.45) is 1.67. The third-order valence-corrected chi connectivity index (χ3v) is 5.15. The van der Waals surface area contributed by atoms with Crippen LogP contribution in [-0.2, 0) is 16.1 Å². The molecule has 1 fully saturated rings. The Morgan fingerprint density at radius 1 is 1.35 bits per heavy atom. The number of carbonyl (C=O) groups is 1. The lowest BCUT2D eigenvalue weighted by atomic mass is 10.2. The Bertz CT molecular complexity index is 910. The van der Waals surface area contributed by atoms with Gasteiger partial charge in [0.05, 0.1) is 44.4 Å². The normalized spacial score (nSPS) is 14.1. The van der Waals surface area contributed by atoms with Crippen LogP contribution in [0.1, 0.15) is 5.69 Å². The summed E-state index contributed by atoms with van der Waals surface area (Å²) in [5.41, 5.74) is 1.52. The molecule has 12 heteroatoms. The van der Waals surface area contributed by atoms with Crippen LogP contribution in [0.3, 0.4) is 0 Å². The van der Waals surface area contributed by atoms with Crippen LogP contribution in [-0.4, -0.2) is 89.1 Å². The largest absolute Gasteiger partial charge is 0.474 e. The maximum Gasteiger partial charge on any atom is 0.256 e. The minimum atomic E-state index is -0.431. The monoisotopic (exact) mass is 451 g/mol. The predicted octanol–water partition coefficient (Wildman–Crippen LogP) is -0.342. The molecule has 0 radical (unpaired) electrons. The summed E-state index contributed by atoms with van der Waals surface area (Å²) in [7, 11) is 1.47. The first-order valence-corrected chi connectivity index (χ1v) is 10.3. The molecule has 31 heavy (non-hydrogen) atoms. The van der Waals surface area contributed by atoms with Crippen molar-refractivity contribution < 1.29 is 19.0 Å². The molecular formula is C19H26FN7O3S. The molecule has 1 aromatic heterocycles. The van der Waals surface area contributed by atoms with E-state index >= 15 is 0 Å². The Labute approximate surface area is 185 Å². The highest BCUT2D eigenvalue weighted by Crippen LogP contribution is 2.23. The zero-order chi connectivity index (χ0) is 22.2. The number of hydrogen-bond donors (Lipinski definition) is 3. The molecular weight excluding hydrogens is 425 g/mol. The first-order chi connectivity index (χ1) is 15.0. The number of rotatable bonds is 9. The number of ether oxygens (including phenoxy) is 1. The van der Waals surface area contributed by atoms with E-state index in [2.05, 4.69) is 20.9 Å². The quantitative estimate of drug-likeness (QED) is 0.349. The first-order valence-electron chi connectivity index (χ1n) is 9.89. The minimum Gasteiger partial charge on any atom is -0.474 e. The summed E-state index contributed by atoms with van der Waals surface area (Å²) in [4.78, 5) is 15.9. The first kappa shape index (κ1) is 22.8. The van der Waals surface area contributed by atoms with Gasteiger partial charge in [-0.1, -0.05) is 5.21 Å². The standard InChI is InChI=1S/C19H26FN7O3S/c1-30-19(31)22-11-14-12-27(24-23-14)15-2-3-17(16(20)10-15)26-8-7-25(18(29)13-26)6-4-21-5-9-28/h2-3,10,12,21,28H,4-9,11,13H2,1H3,(H,22,31). The molecule has 0 spiro atoms. The van der Waals surface area contributed by atoms with Crippen LogP contribution in [0.5, 0.6) is 0 Å². The van der Waals surface area contributed by atoms with Gasteiger partial charge in [0.25, 0.3) is 5.17 Å². The third kappa shape index (κ3) is 6.09. The number of nitrogens with zero attached hydrogens (tertiary/aromatic N) is 5. The number of aliphatic hydroxyl groups excluding tert-OH is 1. The number of piperazine rings is 1. The van der Waals surface area contributed by atoms with E-state index in [1.54, 1.807) is 28.1 Å². The molecule has 1 aliphatic rings. The Kier molecular flexibility index (Phi) is 8.09. The maximum absolute atomic E-state index is 14.8. The maximum atomic E-state index is 14.8. The number of anilines is 1. The van der Waals surface area contributed by atoms with Crippen LogP contribution in [0.25, 0.3) is 5.69 Å². The van der Waals surface area contributed by atoms with Crippen LogP contribution < -0.4 is 15.5 Å². The van der Waals surface area contributed by atoms with Gasteiger partial charge in [-0.3, -0.25) is 4.79 Å². The number of halogens is 1. The zero-order valence-corrected chi connectivity index (χ0v) is 18.1. The number of aliphatic hydroxyl groups is 1. The van der Waals surface area contributed by atoms with Crippen LogP contribution in [0.15, 0.2) is 24.4 Å². The van der Waals surface area contributed by atoms with Crippen LogP contribution in [0, 0.1) is 5.82 Å². The van der Waals surface area contributed by atoms with Gasteiger partial charge in [0, 0.05) is 38.8 Å². The number of aromatic nitrogens is 3. The van der Waals surface area contributed by atoms with Gasteiger partial charge in [0.1, 0.15) is 11.5 Å². The molecule has 1 aliphatic heterocycles. The van der Waals surface area contributed by atoms with E-state index in [0.717, 1.165) is 0 Å². The smallest absolute Gasteiger partial charge is 0.256 e. The molecule has 0 atom stereocenters. The van der Waals surface area contributed by atoms with E-state index in [4.69, 9.17) is 22.1 Å². The van der Waals surface area contributed by atoms with Crippen molar-refractivity contribution >= 4 is 29.0 Å². The predicted molar refractivity (Wildman–Crippen MR) is 117 cm³/mol. The molecule has 0 unspecified atom stereocenters. The summed E-state index contributed by atoms with van der Waals surface area (Å²) in [5.74, 6) is -0.484. The fraction of sp³-hybridized carbons (Fsp3) is 0.474. The Morgan fingerprint density at radius 3 is 2.90 bits per heavy atom. The highest BCUT2D eigenvalue weighted by Gasteiger charge is 2.25. The fourth-order valence-corrected chi connectivity index (χ4v) is 3.28.